The Hall–Kier alpha value is -1.19. The van der Waals surface area contributed by atoms with E-state index in [1.54, 1.807) is 19.1 Å². The molecule has 100 valence electrons. The third-order valence-corrected chi connectivity index (χ3v) is 3.69. The molecule has 3 heteroatoms. The summed E-state index contributed by atoms with van der Waals surface area (Å²) in [4.78, 5) is 0. The Labute approximate surface area is 121 Å². The molecule has 0 saturated carbocycles. The zero-order chi connectivity index (χ0) is 14.0. The number of aliphatic hydroxyl groups is 1. The predicted octanol–water partition coefficient (Wildman–Crippen LogP) is 4.35. The molecule has 1 unspecified atom stereocenters. The molecule has 1 N–H and O–H groups in total. The number of benzene rings is 2. The zero-order valence-corrected chi connectivity index (χ0v) is 12.5. The maximum atomic E-state index is 13.9. The van der Waals surface area contributed by atoms with Gasteiger partial charge >= 0.3 is 0 Å². The van der Waals surface area contributed by atoms with E-state index in [-0.39, 0.29) is 5.82 Å². The van der Waals surface area contributed by atoms with Crippen LogP contribution in [0.25, 0.3) is 0 Å². The molecule has 0 aliphatic carbocycles. The van der Waals surface area contributed by atoms with E-state index in [9.17, 15) is 9.50 Å². The van der Waals surface area contributed by atoms with E-state index in [0.29, 0.717) is 12.0 Å². The Kier molecular flexibility index (Phi) is 4.07. The summed E-state index contributed by atoms with van der Waals surface area (Å²) in [5.41, 5.74) is 1.03. The predicted molar refractivity (Wildman–Crippen MR) is 78.6 cm³/mol. The highest BCUT2D eigenvalue weighted by Gasteiger charge is 2.27. The lowest BCUT2D eigenvalue weighted by atomic mass is 9.88. The summed E-state index contributed by atoms with van der Waals surface area (Å²) >= 11 is 3.37. The van der Waals surface area contributed by atoms with Gasteiger partial charge < -0.3 is 5.11 Å². The second-order valence-corrected chi connectivity index (χ2v) is 5.98. The van der Waals surface area contributed by atoms with Gasteiger partial charge in [-0.05, 0) is 37.6 Å². The van der Waals surface area contributed by atoms with E-state index in [0.717, 1.165) is 15.6 Å². The van der Waals surface area contributed by atoms with E-state index in [1.165, 1.54) is 6.07 Å². The SMILES string of the molecule is Cc1ccc(F)c(C(C)(O)Cc2ccc(Br)cc2)c1. The lowest BCUT2D eigenvalue weighted by molar-refractivity contribution is 0.0537. The van der Waals surface area contributed by atoms with Crippen molar-refractivity contribution in [2.45, 2.75) is 25.9 Å². The quantitative estimate of drug-likeness (QED) is 0.890. The molecule has 2 aromatic carbocycles. The zero-order valence-electron chi connectivity index (χ0n) is 11.0. The molecule has 19 heavy (non-hydrogen) atoms. The van der Waals surface area contributed by atoms with Crippen molar-refractivity contribution in [2.24, 2.45) is 0 Å². The van der Waals surface area contributed by atoms with Crippen molar-refractivity contribution in [3.63, 3.8) is 0 Å². The van der Waals surface area contributed by atoms with Gasteiger partial charge in [-0.3, -0.25) is 0 Å². The average Bonchev–Trinajstić information content (AvgIpc) is 2.35. The number of rotatable bonds is 3. The monoisotopic (exact) mass is 322 g/mol. The molecule has 0 fully saturated rings. The molecule has 0 aliphatic heterocycles. The summed E-state index contributed by atoms with van der Waals surface area (Å²) < 4.78 is 14.8. The summed E-state index contributed by atoms with van der Waals surface area (Å²) in [6.07, 6.45) is 0.376. The number of halogens is 2. The Balaban J connectivity index is 2.31. The van der Waals surface area contributed by atoms with Crippen LogP contribution in [0.2, 0.25) is 0 Å². The first-order chi connectivity index (χ1) is 8.88. The summed E-state index contributed by atoms with van der Waals surface area (Å²) in [7, 11) is 0. The molecule has 0 spiro atoms. The fourth-order valence-corrected chi connectivity index (χ4v) is 2.41. The largest absolute Gasteiger partial charge is 0.385 e. The molecular weight excluding hydrogens is 307 g/mol. The van der Waals surface area contributed by atoms with Gasteiger partial charge in [-0.15, -0.1) is 0 Å². The van der Waals surface area contributed by atoms with Crippen LogP contribution in [0.1, 0.15) is 23.6 Å². The summed E-state index contributed by atoms with van der Waals surface area (Å²) in [5.74, 6) is -0.368. The topological polar surface area (TPSA) is 20.2 Å². The highest BCUT2D eigenvalue weighted by molar-refractivity contribution is 9.10. The maximum Gasteiger partial charge on any atom is 0.129 e. The summed E-state index contributed by atoms with van der Waals surface area (Å²) in [6, 6.07) is 12.5. The minimum absolute atomic E-state index is 0.343. The highest BCUT2D eigenvalue weighted by atomic mass is 79.9. The van der Waals surface area contributed by atoms with Crippen LogP contribution in [-0.2, 0) is 12.0 Å². The van der Waals surface area contributed by atoms with Crippen molar-refractivity contribution in [2.75, 3.05) is 0 Å². The van der Waals surface area contributed by atoms with E-state index >= 15 is 0 Å². The van der Waals surface area contributed by atoms with Crippen LogP contribution >= 0.6 is 15.9 Å². The van der Waals surface area contributed by atoms with Gasteiger partial charge in [-0.2, -0.15) is 0 Å². The van der Waals surface area contributed by atoms with E-state index in [1.807, 2.05) is 31.2 Å². The third kappa shape index (κ3) is 3.43. The third-order valence-electron chi connectivity index (χ3n) is 3.16. The molecule has 2 rings (SSSR count). The van der Waals surface area contributed by atoms with E-state index < -0.39 is 5.60 Å². The first kappa shape index (κ1) is 14.2. The first-order valence-electron chi connectivity index (χ1n) is 6.12. The number of hydrogen-bond donors (Lipinski definition) is 1. The van der Waals surface area contributed by atoms with E-state index in [2.05, 4.69) is 15.9 Å². The van der Waals surface area contributed by atoms with Gasteiger partial charge in [0.15, 0.2) is 0 Å². The van der Waals surface area contributed by atoms with E-state index in [4.69, 9.17) is 0 Å². The fraction of sp³-hybridized carbons (Fsp3) is 0.250. The van der Waals surface area contributed by atoms with Crippen molar-refractivity contribution in [3.05, 3.63) is 69.4 Å². The summed E-state index contributed by atoms with van der Waals surface area (Å²) in [6.45, 7) is 3.53. The lowest BCUT2D eigenvalue weighted by Gasteiger charge is -2.25. The standard InChI is InChI=1S/C16H16BrFO/c1-11-3-8-15(18)14(9-11)16(2,19)10-12-4-6-13(17)7-5-12/h3-9,19H,10H2,1-2H3. The van der Waals surface area contributed by atoms with Gasteiger partial charge in [0.25, 0.3) is 0 Å². The van der Waals surface area contributed by atoms with Crippen LogP contribution in [0.3, 0.4) is 0 Å². The van der Waals surface area contributed by atoms with Crippen molar-refractivity contribution in [1.82, 2.24) is 0 Å². The average molecular weight is 323 g/mol. The molecule has 1 nitrogen and oxygen atoms in total. The van der Waals surface area contributed by atoms with Crippen LogP contribution < -0.4 is 0 Å². The molecule has 0 aromatic heterocycles. The van der Waals surface area contributed by atoms with Gasteiger partial charge in [-0.25, -0.2) is 4.39 Å². The molecule has 0 radical (unpaired) electrons. The van der Waals surface area contributed by atoms with Crippen LogP contribution in [0.4, 0.5) is 4.39 Å². The van der Waals surface area contributed by atoms with Crippen LogP contribution in [0, 0.1) is 12.7 Å². The highest BCUT2D eigenvalue weighted by Crippen LogP contribution is 2.28. The minimum Gasteiger partial charge on any atom is -0.385 e. The van der Waals surface area contributed by atoms with Gasteiger partial charge in [0.1, 0.15) is 5.82 Å². The second kappa shape index (κ2) is 5.43. The van der Waals surface area contributed by atoms with Crippen molar-refractivity contribution < 1.29 is 9.50 Å². The van der Waals surface area contributed by atoms with Crippen LogP contribution in [-0.4, -0.2) is 5.11 Å². The molecule has 0 saturated heterocycles. The molecule has 0 amide bonds. The number of hydrogen-bond acceptors (Lipinski definition) is 1. The van der Waals surface area contributed by atoms with Gasteiger partial charge in [0, 0.05) is 16.5 Å². The maximum absolute atomic E-state index is 13.9. The van der Waals surface area contributed by atoms with Gasteiger partial charge in [-0.1, -0.05) is 45.8 Å². The van der Waals surface area contributed by atoms with Crippen LogP contribution in [0.15, 0.2) is 46.9 Å². The normalized spacial score (nSPS) is 14.2. The Morgan fingerprint density at radius 3 is 2.42 bits per heavy atom. The minimum atomic E-state index is -1.22. The smallest absolute Gasteiger partial charge is 0.129 e. The van der Waals surface area contributed by atoms with Gasteiger partial charge in [0.05, 0.1) is 5.60 Å². The van der Waals surface area contributed by atoms with Crippen LogP contribution in [0.5, 0.6) is 0 Å². The number of aryl methyl sites for hydroxylation is 1. The van der Waals surface area contributed by atoms with Crippen molar-refractivity contribution >= 4 is 15.9 Å². The molecule has 1 atom stereocenters. The molecule has 0 heterocycles. The molecular formula is C16H16BrFO. The first-order valence-corrected chi connectivity index (χ1v) is 6.91. The Morgan fingerprint density at radius 2 is 1.79 bits per heavy atom. The lowest BCUT2D eigenvalue weighted by Crippen LogP contribution is -2.25. The molecule has 2 aromatic rings. The van der Waals surface area contributed by atoms with Gasteiger partial charge in [0.2, 0.25) is 0 Å². The van der Waals surface area contributed by atoms with Crippen molar-refractivity contribution in [1.29, 1.82) is 0 Å². The summed E-state index contributed by atoms with van der Waals surface area (Å²) in [5, 5.41) is 10.6. The second-order valence-electron chi connectivity index (χ2n) is 5.06. The van der Waals surface area contributed by atoms with Crippen molar-refractivity contribution in [3.8, 4) is 0 Å². The fourth-order valence-electron chi connectivity index (χ4n) is 2.15. The molecule has 0 bridgehead atoms. The Morgan fingerprint density at radius 1 is 1.16 bits per heavy atom. The molecule has 0 aliphatic rings. The Bertz CT molecular complexity index is 576.